The molecule has 0 aliphatic heterocycles. The Hall–Kier alpha value is -2.29. The van der Waals surface area contributed by atoms with Crippen molar-refractivity contribution in [2.75, 3.05) is 6.61 Å². The average Bonchev–Trinajstić information content (AvgIpc) is 3.26. The monoisotopic (exact) mass is 516 g/mol. The summed E-state index contributed by atoms with van der Waals surface area (Å²) in [6, 6.07) is 0. The molecule has 8 unspecified atom stereocenters. The molecule has 4 aliphatic carbocycles. The second-order valence-electron chi connectivity index (χ2n) is 12.3. The smallest absolute Gasteiger partial charge is 0.333 e. The van der Waals surface area contributed by atoms with Gasteiger partial charge >= 0.3 is 11.9 Å². The van der Waals surface area contributed by atoms with Crippen molar-refractivity contribution in [3.8, 4) is 0 Å². The summed E-state index contributed by atoms with van der Waals surface area (Å²) >= 11 is 0. The highest BCUT2D eigenvalue weighted by Crippen LogP contribution is 2.77. The third kappa shape index (κ3) is 3.48. The van der Waals surface area contributed by atoms with E-state index in [2.05, 4.69) is 0 Å². The SMILES string of the molecule is C/C=C(\C)C(=O)OC1C(C)C2(O)C(C=C(CO)CC3(O)C(=O)C(C)=CC32)C2C(C)(C)C12OC(=O)C(C)C. The minimum atomic E-state index is -1.95. The summed E-state index contributed by atoms with van der Waals surface area (Å²) in [6.07, 6.45) is 3.81. The topological polar surface area (TPSA) is 130 Å². The van der Waals surface area contributed by atoms with E-state index in [0.717, 1.165) is 0 Å². The molecule has 0 amide bonds. The van der Waals surface area contributed by atoms with Crippen molar-refractivity contribution in [2.45, 2.75) is 84.7 Å². The number of fused-ring (bicyclic) bond motifs is 5. The second kappa shape index (κ2) is 8.61. The summed E-state index contributed by atoms with van der Waals surface area (Å²) in [7, 11) is 0. The van der Waals surface area contributed by atoms with Gasteiger partial charge in [0.25, 0.3) is 0 Å². The molecule has 0 aromatic rings. The van der Waals surface area contributed by atoms with Gasteiger partial charge in [0.2, 0.25) is 0 Å². The highest BCUT2D eigenvalue weighted by molar-refractivity contribution is 6.04. The van der Waals surface area contributed by atoms with Crippen LogP contribution in [0.1, 0.15) is 61.8 Å². The van der Waals surface area contributed by atoms with Gasteiger partial charge in [0.1, 0.15) is 11.7 Å². The maximum absolute atomic E-state index is 13.2. The van der Waals surface area contributed by atoms with E-state index in [4.69, 9.17) is 9.47 Å². The Morgan fingerprint density at radius 1 is 1.22 bits per heavy atom. The van der Waals surface area contributed by atoms with E-state index in [1.54, 1.807) is 59.8 Å². The number of aliphatic hydroxyl groups is 3. The molecule has 0 spiro atoms. The van der Waals surface area contributed by atoms with Gasteiger partial charge in [-0.05, 0) is 31.9 Å². The molecule has 2 saturated carbocycles. The molecule has 8 nitrogen and oxygen atoms in total. The molecule has 0 heterocycles. The number of aliphatic hydroxyl groups excluding tert-OH is 1. The number of allylic oxidation sites excluding steroid dienone is 1. The Kier molecular flexibility index (Phi) is 6.46. The second-order valence-corrected chi connectivity index (χ2v) is 12.3. The highest BCUT2D eigenvalue weighted by Gasteiger charge is 2.88. The first-order valence-corrected chi connectivity index (χ1v) is 13.1. The van der Waals surface area contributed by atoms with Gasteiger partial charge < -0.3 is 24.8 Å². The number of hydrogen-bond donors (Lipinski definition) is 3. The minimum absolute atomic E-state index is 0.125. The molecular weight excluding hydrogens is 476 g/mol. The van der Waals surface area contributed by atoms with E-state index in [0.29, 0.717) is 16.7 Å². The van der Waals surface area contributed by atoms with E-state index in [1.165, 1.54) is 0 Å². The first-order chi connectivity index (χ1) is 17.0. The maximum Gasteiger partial charge on any atom is 0.333 e. The van der Waals surface area contributed by atoms with Crippen LogP contribution in [0.4, 0.5) is 0 Å². The molecule has 0 bridgehead atoms. The summed E-state index contributed by atoms with van der Waals surface area (Å²) in [5.74, 6) is -5.00. The van der Waals surface area contributed by atoms with Crippen LogP contribution in [0.5, 0.6) is 0 Å². The predicted molar refractivity (Wildman–Crippen MR) is 135 cm³/mol. The van der Waals surface area contributed by atoms with E-state index in [-0.39, 0.29) is 6.42 Å². The molecule has 8 atom stereocenters. The van der Waals surface area contributed by atoms with Gasteiger partial charge in [-0.25, -0.2) is 4.79 Å². The molecule has 4 rings (SSSR count). The van der Waals surface area contributed by atoms with Crippen LogP contribution in [0.15, 0.2) is 34.9 Å². The molecule has 4 aliphatic rings. The normalized spacial score (nSPS) is 42.1. The van der Waals surface area contributed by atoms with Crippen molar-refractivity contribution in [1.82, 2.24) is 0 Å². The lowest BCUT2D eigenvalue weighted by Gasteiger charge is -2.53. The number of ether oxygens (including phenoxy) is 2. The zero-order chi connectivity index (χ0) is 27.9. The zero-order valence-electron chi connectivity index (χ0n) is 23.0. The zero-order valence-corrected chi connectivity index (χ0v) is 23.0. The van der Waals surface area contributed by atoms with Gasteiger partial charge in [-0.15, -0.1) is 0 Å². The van der Waals surface area contributed by atoms with Crippen LogP contribution in [0.3, 0.4) is 0 Å². The molecule has 2 fully saturated rings. The predicted octanol–water partition coefficient (Wildman–Crippen LogP) is 2.65. The van der Waals surface area contributed by atoms with Gasteiger partial charge in [0, 0.05) is 41.1 Å². The van der Waals surface area contributed by atoms with Gasteiger partial charge in [-0.3, -0.25) is 9.59 Å². The van der Waals surface area contributed by atoms with E-state index >= 15 is 0 Å². The summed E-state index contributed by atoms with van der Waals surface area (Å²) in [6.45, 7) is 13.5. The third-order valence-corrected chi connectivity index (χ3v) is 9.69. The Morgan fingerprint density at radius 3 is 2.38 bits per heavy atom. The number of esters is 2. The van der Waals surface area contributed by atoms with Crippen LogP contribution in [-0.2, 0) is 23.9 Å². The van der Waals surface area contributed by atoms with Crippen LogP contribution in [0, 0.1) is 35.0 Å². The largest absolute Gasteiger partial charge is 0.454 e. The quantitative estimate of drug-likeness (QED) is 0.289. The Balaban J connectivity index is 1.96. The minimum Gasteiger partial charge on any atom is -0.454 e. The Bertz CT molecular complexity index is 1130. The molecule has 3 N–H and O–H groups in total. The summed E-state index contributed by atoms with van der Waals surface area (Å²) in [4.78, 5) is 39.3. The van der Waals surface area contributed by atoms with Crippen molar-refractivity contribution in [3.63, 3.8) is 0 Å². The van der Waals surface area contributed by atoms with Crippen molar-refractivity contribution in [2.24, 2.45) is 35.0 Å². The standard InChI is InChI=1S/C29H40O8/c1-9-15(4)25(33)36-23-17(6)28(35)19(21-26(7,8)29(21,23)37-24(32)14(2)3)11-18(13-30)12-27(34)20(28)10-16(5)22(27)31/h9-11,14,17,19-21,23,30,34-35H,12-13H2,1-8H3/b15-9+. The fourth-order valence-electron chi connectivity index (χ4n) is 7.43. The summed E-state index contributed by atoms with van der Waals surface area (Å²) < 4.78 is 12.3. The number of rotatable bonds is 5. The van der Waals surface area contributed by atoms with E-state index in [9.17, 15) is 29.7 Å². The van der Waals surface area contributed by atoms with Crippen LogP contribution in [0.2, 0.25) is 0 Å². The van der Waals surface area contributed by atoms with Crippen LogP contribution >= 0.6 is 0 Å². The Labute approximate surface area is 218 Å². The van der Waals surface area contributed by atoms with Crippen LogP contribution in [-0.4, -0.2) is 62.6 Å². The van der Waals surface area contributed by atoms with E-state index in [1.807, 2.05) is 13.8 Å². The number of hydrogen-bond acceptors (Lipinski definition) is 8. The molecule has 0 radical (unpaired) electrons. The molecule has 0 aromatic carbocycles. The van der Waals surface area contributed by atoms with E-state index < -0.39 is 82.2 Å². The van der Waals surface area contributed by atoms with Gasteiger partial charge in [-0.1, -0.05) is 52.8 Å². The maximum atomic E-state index is 13.2. The van der Waals surface area contributed by atoms with Crippen molar-refractivity contribution in [3.05, 3.63) is 34.9 Å². The fraction of sp³-hybridized carbons (Fsp3) is 0.690. The molecule has 37 heavy (non-hydrogen) atoms. The van der Waals surface area contributed by atoms with Gasteiger partial charge in [0.15, 0.2) is 11.4 Å². The lowest BCUT2D eigenvalue weighted by atomic mass is 9.59. The number of carbonyl (C=O) groups is 3. The molecule has 0 saturated heterocycles. The summed E-state index contributed by atoms with van der Waals surface area (Å²) in [5.41, 5.74) is -4.51. The Morgan fingerprint density at radius 2 is 1.84 bits per heavy atom. The molecule has 0 aromatic heterocycles. The molecular formula is C29H40O8. The number of ketones is 1. The van der Waals surface area contributed by atoms with Crippen LogP contribution in [0.25, 0.3) is 0 Å². The number of carbonyl (C=O) groups excluding carboxylic acids is 3. The van der Waals surface area contributed by atoms with Crippen molar-refractivity contribution < 1.29 is 39.2 Å². The highest BCUT2D eigenvalue weighted by atomic mass is 16.6. The first kappa shape index (κ1) is 27.7. The van der Waals surface area contributed by atoms with Crippen molar-refractivity contribution in [1.29, 1.82) is 0 Å². The van der Waals surface area contributed by atoms with Crippen molar-refractivity contribution >= 4 is 17.7 Å². The number of Topliss-reactive ketones (excluding diaryl/α,β-unsaturated/α-hetero) is 1. The third-order valence-electron chi connectivity index (χ3n) is 9.69. The van der Waals surface area contributed by atoms with Gasteiger partial charge in [-0.2, -0.15) is 0 Å². The molecule has 204 valence electrons. The van der Waals surface area contributed by atoms with Crippen LogP contribution < -0.4 is 0 Å². The lowest BCUT2D eigenvalue weighted by molar-refractivity contribution is -0.228. The lowest BCUT2D eigenvalue weighted by Crippen LogP contribution is -2.66. The average molecular weight is 517 g/mol. The summed E-state index contributed by atoms with van der Waals surface area (Å²) in [5, 5.41) is 34.6. The molecule has 8 heteroatoms. The first-order valence-electron chi connectivity index (χ1n) is 13.1. The fourth-order valence-corrected chi connectivity index (χ4v) is 7.43. The van der Waals surface area contributed by atoms with Gasteiger partial charge in [0.05, 0.1) is 18.1 Å².